The fourth-order valence-corrected chi connectivity index (χ4v) is 7.14. The van der Waals surface area contributed by atoms with Gasteiger partial charge in [-0.3, -0.25) is 0 Å². The second-order valence-electron chi connectivity index (χ2n) is 12.4. The number of furan rings is 1. The zero-order valence-electron chi connectivity index (χ0n) is 26.9. The second kappa shape index (κ2) is 11.4. The fraction of sp³-hybridized carbons (Fsp3) is 0. The number of fused-ring (bicyclic) bond motifs is 6. The Labute approximate surface area is 287 Å². The highest BCUT2D eigenvalue weighted by Crippen LogP contribution is 2.40. The summed E-state index contributed by atoms with van der Waals surface area (Å²) in [4.78, 5) is 14.9. The molecule has 0 saturated heterocycles. The number of hydrogen-bond acceptors (Lipinski definition) is 4. The zero-order valence-corrected chi connectivity index (χ0v) is 26.9. The molecule has 3 aromatic heterocycles. The second-order valence-corrected chi connectivity index (χ2v) is 12.4. The summed E-state index contributed by atoms with van der Waals surface area (Å²) < 4.78 is 9.16. The lowest BCUT2D eigenvalue weighted by molar-refractivity contribution is 0.670. The van der Waals surface area contributed by atoms with E-state index < -0.39 is 0 Å². The summed E-state index contributed by atoms with van der Waals surface area (Å²) in [7, 11) is 0. The Hall–Kier alpha value is -6.85. The SMILES string of the molecule is c1ccc(-c2nc(-c3ccccc3)nc(-c3cccc4c3oc3c(-c5ccc(-n6c7ccccc7c7ccccc76)cc5)cccc34)n2)cc1. The molecule has 0 bridgehead atoms. The van der Waals surface area contributed by atoms with Crippen molar-refractivity contribution in [3.05, 3.63) is 170 Å². The molecule has 0 aliphatic heterocycles. The van der Waals surface area contributed by atoms with Crippen LogP contribution in [-0.2, 0) is 0 Å². The van der Waals surface area contributed by atoms with Crippen LogP contribution in [0.1, 0.15) is 0 Å². The van der Waals surface area contributed by atoms with Gasteiger partial charge in [0.2, 0.25) is 0 Å². The number of benzene rings is 7. The third-order valence-electron chi connectivity index (χ3n) is 9.48. The van der Waals surface area contributed by atoms with Gasteiger partial charge in [-0.2, -0.15) is 0 Å². The minimum Gasteiger partial charge on any atom is -0.455 e. The maximum absolute atomic E-state index is 6.83. The lowest BCUT2D eigenvalue weighted by Crippen LogP contribution is -2.00. The van der Waals surface area contributed by atoms with Crippen molar-refractivity contribution in [2.45, 2.75) is 0 Å². The molecule has 0 spiro atoms. The van der Waals surface area contributed by atoms with Crippen LogP contribution in [0.4, 0.5) is 0 Å². The standard InChI is InChI=1S/C45H28N4O/c1-3-13-30(14-4-1)43-46-44(31-15-5-2-6-16-31)48-45(47-43)38-22-12-21-37-36-20-11-19-33(41(36)50-42(37)38)29-25-27-32(28-26-29)49-39-23-9-7-17-34(39)35-18-8-10-24-40(35)49/h1-28H. The molecule has 0 aliphatic carbocycles. The molecule has 5 heteroatoms. The maximum Gasteiger partial charge on any atom is 0.167 e. The van der Waals surface area contributed by atoms with Gasteiger partial charge in [0.05, 0.1) is 16.6 Å². The molecule has 10 rings (SSSR count). The van der Waals surface area contributed by atoms with Crippen molar-refractivity contribution in [3.8, 4) is 51.0 Å². The average molecular weight is 641 g/mol. The van der Waals surface area contributed by atoms with E-state index in [0.717, 1.165) is 55.4 Å². The van der Waals surface area contributed by atoms with Crippen molar-refractivity contribution in [3.63, 3.8) is 0 Å². The molecule has 0 saturated carbocycles. The number of nitrogens with zero attached hydrogens (tertiary/aromatic N) is 4. The van der Waals surface area contributed by atoms with Crippen LogP contribution in [0.3, 0.4) is 0 Å². The van der Waals surface area contributed by atoms with Crippen LogP contribution < -0.4 is 0 Å². The van der Waals surface area contributed by atoms with E-state index in [-0.39, 0.29) is 0 Å². The van der Waals surface area contributed by atoms with Crippen LogP contribution in [0.5, 0.6) is 0 Å². The van der Waals surface area contributed by atoms with Crippen molar-refractivity contribution in [2.24, 2.45) is 0 Å². The predicted octanol–water partition coefficient (Wildman–Crippen LogP) is 11.5. The molecule has 10 aromatic rings. The molecule has 0 radical (unpaired) electrons. The normalized spacial score (nSPS) is 11.6. The van der Waals surface area contributed by atoms with Crippen LogP contribution >= 0.6 is 0 Å². The van der Waals surface area contributed by atoms with Gasteiger partial charge in [0.1, 0.15) is 11.2 Å². The number of para-hydroxylation sites is 4. The largest absolute Gasteiger partial charge is 0.455 e. The zero-order chi connectivity index (χ0) is 33.0. The van der Waals surface area contributed by atoms with Crippen molar-refractivity contribution < 1.29 is 4.42 Å². The van der Waals surface area contributed by atoms with Gasteiger partial charge in [0.25, 0.3) is 0 Å². The summed E-state index contributed by atoms with van der Waals surface area (Å²) in [5.41, 5.74) is 9.87. The summed E-state index contributed by atoms with van der Waals surface area (Å²) in [6.07, 6.45) is 0. The Morgan fingerprint density at radius 1 is 0.340 bits per heavy atom. The molecular formula is C45H28N4O. The molecule has 7 aromatic carbocycles. The molecule has 0 aliphatic rings. The number of hydrogen-bond donors (Lipinski definition) is 0. The molecule has 234 valence electrons. The highest BCUT2D eigenvalue weighted by molar-refractivity contribution is 6.13. The molecule has 0 unspecified atom stereocenters. The molecule has 0 fully saturated rings. The smallest absolute Gasteiger partial charge is 0.167 e. The number of aromatic nitrogens is 4. The van der Waals surface area contributed by atoms with E-state index in [1.54, 1.807) is 0 Å². The highest BCUT2D eigenvalue weighted by Gasteiger charge is 2.19. The monoisotopic (exact) mass is 640 g/mol. The lowest BCUT2D eigenvalue weighted by Gasteiger charge is -2.09. The van der Waals surface area contributed by atoms with E-state index in [1.165, 1.54) is 21.8 Å². The van der Waals surface area contributed by atoms with Gasteiger partial charge in [-0.25, -0.2) is 15.0 Å². The van der Waals surface area contributed by atoms with Crippen LogP contribution in [0.25, 0.3) is 94.7 Å². The number of rotatable bonds is 5. The van der Waals surface area contributed by atoms with Crippen LogP contribution in [0.15, 0.2) is 174 Å². The predicted molar refractivity (Wildman–Crippen MR) is 203 cm³/mol. The molecule has 5 nitrogen and oxygen atoms in total. The molecular weight excluding hydrogens is 613 g/mol. The Balaban J connectivity index is 1.12. The first-order valence-electron chi connectivity index (χ1n) is 16.7. The Bertz CT molecular complexity index is 2740. The Kier molecular flexibility index (Phi) is 6.42. The van der Waals surface area contributed by atoms with E-state index in [2.05, 4.69) is 102 Å². The first-order chi connectivity index (χ1) is 24.8. The summed E-state index contributed by atoms with van der Waals surface area (Å²) in [6.45, 7) is 0. The fourth-order valence-electron chi connectivity index (χ4n) is 7.14. The Morgan fingerprint density at radius 3 is 1.38 bits per heavy atom. The van der Waals surface area contributed by atoms with Crippen molar-refractivity contribution in [2.75, 3.05) is 0 Å². The third-order valence-corrected chi connectivity index (χ3v) is 9.48. The van der Waals surface area contributed by atoms with E-state index in [0.29, 0.717) is 17.5 Å². The van der Waals surface area contributed by atoms with Crippen LogP contribution in [-0.4, -0.2) is 19.5 Å². The summed E-state index contributed by atoms with van der Waals surface area (Å²) >= 11 is 0. The van der Waals surface area contributed by atoms with Gasteiger partial charge >= 0.3 is 0 Å². The summed E-state index contributed by atoms with van der Waals surface area (Å²) in [5.74, 6) is 1.80. The van der Waals surface area contributed by atoms with E-state index >= 15 is 0 Å². The van der Waals surface area contributed by atoms with Crippen LogP contribution in [0.2, 0.25) is 0 Å². The topological polar surface area (TPSA) is 56.7 Å². The van der Waals surface area contributed by atoms with E-state index in [9.17, 15) is 0 Å². The van der Waals surface area contributed by atoms with Gasteiger partial charge in [0.15, 0.2) is 17.5 Å². The molecule has 50 heavy (non-hydrogen) atoms. The summed E-state index contributed by atoms with van der Waals surface area (Å²) in [6, 6.07) is 58.6. The minimum atomic E-state index is 0.569. The third kappa shape index (κ3) is 4.52. The van der Waals surface area contributed by atoms with Gasteiger partial charge < -0.3 is 8.98 Å². The van der Waals surface area contributed by atoms with Gasteiger partial charge in [0, 0.05) is 43.9 Å². The van der Waals surface area contributed by atoms with Crippen molar-refractivity contribution >= 4 is 43.7 Å². The molecule has 0 amide bonds. The quantitative estimate of drug-likeness (QED) is 0.188. The first kappa shape index (κ1) is 28.2. The highest BCUT2D eigenvalue weighted by atomic mass is 16.3. The maximum atomic E-state index is 6.83. The molecule has 3 heterocycles. The van der Waals surface area contributed by atoms with Gasteiger partial charge in [-0.05, 0) is 35.9 Å². The Morgan fingerprint density at radius 2 is 0.800 bits per heavy atom. The van der Waals surface area contributed by atoms with Crippen molar-refractivity contribution in [1.82, 2.24) is 19.5 Å². The summed E-state index contributed by atoms with van der Waals surface area (Å²) in [5, 5.41) is 4.57. The first-order valence-corrected chi connectivity index (χ1v) is 16.7. The minimum absolute atomic E-state index is 0.569. The molecule has 0 atom stereocenters. The van der Waals surface area contributed by atoms with Crippen molar-refractivity contribution in [1.29, 1.82) is 0 Å². The molecule has 0 N–H and O–H groups in total. The van der Waals surface area contributed by atoms with Crippen LogP contribution in [0, 0.1) is 0 Å². The van der Waals surface area contributed by atoms with Gasteiger partial charge in [-0.1, -0.05) is 140 Å². The van der Waals surface area contributed by atoms with Gasteiger partial charge in [-0.15, -0.1) is 0 Å². The van der Waals surface area contributed by atoms with E-state index in [1.807, 2.05) is 72.8 Å². The van der Waals surface area contributed by atoms with E-state index in [4.69, 9.17) is 19.4 Å². The lowest BCUT2D eigenvalue weighted by atomic mass is 10.0. The average Bonchev–Trinajstić information content (AvgIpc) is 3.75.